The lowest BCUT2D eigenvalue weighted by molar-refractivity contribution is -0.136. The Morgan fingerprint density at radius 1 is 1.21 bits per heavy atom. The van der Waals surface area contributed by atoms with Gasteiger partial charge in [-0.25, -0.2) is 9.79 Å². The molecule has 0 amide bonds. The van der Waals surface area contributed by atoms with Crippen LogP contribution < -0.4 is 14.9 Å². The standard InChI is InChI=1S/C24H16Cl2N2O4S2/c1-12-19(23(30)31-2)21(17-7-4-10-33-17)28-22(29)18(34-24(28)27-12)11-13-8-9-16(32-13)14-5-3-6-15(25)20(14)26/h3-11,21H,1-2H3. The van der Waals surface area contributed by atoms with Gasteiger partial charge in [0.2, 0.25) is 0 Å². The molecule has 1 aliphatic heterocycles. The van der Waals surface area contributed by atoms with Crippen LogP contribution in [0.25, 0.3) is 17.4 Å². The molecule has 0 spiro atoms. The number of thiophene rings is 1. The molecule has 1 aliphatic rings. The summed E-state index contributed by atoms with van der Waals surface area (Å²) < 4.78 is 12.9. The Balaban J connectivity index is 1.64. The number of allylic oxidation sites excluding steroid dienone is 1. The predicted molar refractivity (Wildman–Crippen MR) is 134 cm³/mol. The number of carbonyl (C=O) groups is 1. The van der Waals surface area contributed by atoms with E-state index in [2.05, 4.69) is 4.99 Å². The minimum Gasteiger partial charge on any atom is -0.466 e. The van der Waals surface area contributed by atoms with Crippen LogP contribution in [0.3, 0.4) is 0 Å². The fourth-order valence-electron chi connectivity index (χ4n) is 3.81. The van der Waals surface area contributed by atoms with Gasteiger partial charge in [-0.15, -0.1) is 11.3 Å². The zero-order valence-electron chi connectivity index (χ0n) is 17.9. The van der Waals surface area contributed by atoms with Gasteiger partial charge in [0.1, 0.15) is 17.6 Å². The predicted octanol–water partition coefficient (Wildman–Crippen LogP) is 5.04. The quantitative estimate of drug-likeness (QED) is 0.346. The average molecular weight is 531 g/mol. The summed E-state index contributed by atoms with van der Waals surface area (Å²) in [6.45, 7) is 1.75. The number of esters is 1. The molecule has 0 radical (unpaired) electrons. The fourth-order valence-corrected chi connectivity index (χ4v) is 6.05. The van der Waals surface area contributed by atoms with Crippen molar-refractivity contribution in [3.05, 3.63) is 99.5 Å². The van der Waals surface area contributed by atoms with E-state index in [-0.39, 0.29) is 5.56 Å². The molecule has 0 aliphatic carbocycles. The van der Waals surface area contributed by atoms with Gasteiger partial charge in [0, 0.05) is 16.5 Å². The van der Waals surface area contributed by atoms with E-state index < -0.39 is 12.0 Å². The number of hydrogen-bond donors (Lipinski definition) is 0. The summed E-state index contributed by atoms with van der Waals surface area (Å²) >= 11 is 15.1. The number of hydrogen-bond acceptors (Lipinski definition) is 7. The number of carbonyl (C=O) groups excluding carboxylic acids is 1. The number of fused-ring (bicyclic) bond motifs is 1. The molecular weight excluding hydrogens is 515 g/mol. The average Bonchev–Trinajstić information content (AvgIpc) is 3.56. The van der Waals surface area contributed by atoms with Crippen molar-refractivity contribution in [3.63, 3.8) is 0 Å². The lowest BCUT2D eigenvalue weighted by atomic mass is 10.0. The van der Waals surface area contributed by atoms with Gasteiger partial charge in [-0.05, 0) is 42.6 Å². The Bertz CT molecular complexity index is 1630. The third-order valence-corrected chi connectivity index (χ3v) is 8.08. The number of methoxy groups -OCH3 is 1. The number of aromatic nitrogens is 1. The second kappa shape index (κ2) is 9.03. The lowest BCUT2D eigenvalue weighted by Crippen LogP contribution is -2.39. The second-order valence-corrected chi connectivity index (χ2v) is 10.2. The van der Waals surface area contributed by atoms with E-state index in [4.69, 9.17) is 32.4 Å². The van der Waals surface area contributed by atoms with E-state index in [0.29, 0.717) is 47.7 Å². The number of ether oxygens (including phenoxy) is 1. The van der Waals surface area contributed by atoms with Crippen molar-refractivity contribution in [2.45, 2.75) is 13.0 Å². The zero-order chi connectivity index (χ0) is 24.0. The van der Waals surface area contributed by atoms with Crippen molar-refractivity contribution in [1.82, 2.24) is 4.57 Å². The largest absolute Gasteiger partial charge is 0.466 e. The van der Waals surface area contributed by atoms with E-state index in [1.165, 1.54) is 29.8 Å². The molecule has 172 valence electrons. The van der Waals surface area contributed by atoms with Crippen molar-refractivity contribution in [2.24, 2.45) is 4.99 Å². The van der Waals surface area contributed by atoms with Gasteiger partial charge in [-0.2, -0.15) is 0 Å². The first-order valence-electron chi connectivity index (χ1n) is 10.1. The highest BCUT2D eigenvalue weighted by molar-refractivity contribution is 7.10. The summed E-state index contributed by atoms with van der Waals surface area (Å²) in [4.78, 5) is 32.0. The topological polar surface area (TPSA) is 73.8 Å². The van der Waals surface area contributed by atoms with Crippen LogP contribution in [-0.2, 0) is 9.53 Å². The van der Waals surface area contributed by atoms with Gasteiger partial charge in [0.25, 0.3) is 5.56 Å². The van der Waals surface area contributed by atoms with Crippen LogP contribution in [0.15, 0.2) is 73.3 Å². The van der Waals surface area contributed by atoms with Crippen molar-refractivity contribution in [2.75, 3.05) is 7.11 Å². The molecule has 10 heteroatoms. The summed E-state index contributed by atoms with van der Waals surface area (Å²) in [5.41, 5.74) is 1.26. The molecule has 0 N–H and O–H groups in total. The van der Waals surface area contributed by atoms with Crippen molar-refractivity contribution in [3.8, 4) is 11.3 Å². The highest BCUT2D eigenvalue weighted by Gasteiger charge is 2.33. The van der Waals surface area contributed by atoms with E-state index in [0.717, 1.165) is 4.88 Å². The minimum absolute atomic E-state index is 0.269. The molecule has 1 atom stereocenters. The number of rotatable bonds is 4. The smallest absolute Gasteiger partial charge is 0.338 e. The molecular formula is C24H16Cl2N2O4S2. The highest BCUT2D eigenvalue weighted by atomic mass is 35.5. The summed E-state index contributed by atoms with van der Waals surface area (Å²) in [6, 6.07) is 12.0. The summed E-state index contributed by atoms with van der Waals surface area (Å²) in [5.74, 6) is 0.503. The van der Waals surface area contributed by atoms with Crippen molar-refractivity contribution < 1.29 is 13.9 Å². The third-order valence-electron chi connectivity index (χ3n) is 5.36. The summed E-state index contributed by atoms with van der Waals surface area (Å²) in [6.07, 6.45) is 1.66. The second-order valence-electron chi connectivity index (χ2n) is 7.39. The van der Waals surface area contributed by atoms with Crippen LogP contribution in [0.1, 0.15) is 23.6 Å². The highest BCUT2D eigenvalue weighted by Crippen LogP contribution is 2.35. The number of halogens is 2. The molecule has 0 saturated heterocycles. The van der Waals surface area contributed by atoms with Crippen LogP contribution in [0.5, 0.6) is 0 Å². The van der Waals surface area contributed by atoms with Crippen LogP contribution in [-0.4, -0.2) is 17.6 Å². The number of benzene rings is 1. The Labute approximate surface area is 211 Å². The van der Waals surface area contributed by atoms with E-state index in [1.54, 1.807) is 41.8 Å². The van der Waals surface area contributed by atoms with Crippen LogP contribution >= 0.6 is 45.9 Å². The molecule has 6 nitrogen and oxygen atoms in total. The van der Waals surface area contributed by atoms with Crippen LogP contribution in [0, 0.1) is 0 Å². The molecule has 3 aromatic heterocycles. The normalized spacial score (nSPS) is 15.9. The molecule has 1 unspecified atom stereocenters. The van der Waals surface area contributed by atoms with Crippen LogP contribution in [0.2, 0.25) is 10.0 Å². The van der Waals surface area contributed by atoms with Gasteiger partial charge >= 0.3 is 5.97 Å². The Kier molecular flexibility index (Phi) is 6.07. The number of thiazole rings is 1. The first-order valence-corrected chi connectivity index (χ1v) is 12.5. The molecule has 4 heterocycles. The minimum atomic E-state index is -0.608. The SMILES string of the molecule is COC(=O)C1=C(C)N=c2sc(=Cc3ccc(-c4cccc(Cl)c4Cl)o3)c(=O)n2C1c1cccs1. The Morgan fingerprint density at radius 2 is 2.03 bits per heavy atom. The fraction of sp³-hybridized carbons (Fsp3) is 0.125. The third kappa shape index (κ3) is 3.86. The summed E-state index contributed by atoms with van der Waals surface area (Å²) in [5, 5.41) is 2.72. The zero-order valence-corrected chi connectivity index (χ0v) is 21.0. The maximum Gasteiger partial charge on any atom is 0.338 e. The molecule has 34 heavy (non-hydrogen) atoms. The molecule has 5 rings (SSSR count). The molecule has 0 fully saturated rings. The first-order chi connectivity index (χ1) is 16.4. The molecule has 1 aromatic carbocycles. The number of furan rings is 1. The Hall–Kier alpha value is -2.91. The molecule has 4 aromatic rings. The monoisotopic (exact) mass is 530 g/mol. The van der Waals surface area contributed by atoms with E-state index in [9.17, 15) is 9.59 Å². The van der Waals surface area contributed by atoms with E-state index >= 15 is 0 Å². The van der Waals surface area contributed by atoms with Gasteiger partial charge in [0.15, 0.2) is 4.80 Å². The van der Waals surface area contributed by atoms with Crippen molar-refractivity contribution >= 4 is 57.9 Å². The van der Waals surface area contributed by atoms with Gasteiger partial charge in [0.05, 0.1) is 33.0 Å². The van der Waals surface area contributed by atoms with Gasteiger partial charge in [-0.3, -0.25) is 9.36 Å². The van der Waals surface area contributed by atoms with Crippen molar-refractivity contribution in [1.29, 1.82) is 0 Å². The first kappa shape index (κ1) is 22.9. The van der Waals surface area contributed by atoms with Gasteiger partial charge < -0.3 is 9.15 Å². The van der Waals surface area contributed by atoms with E-state index in [1.807, 2.05) is 23.6 Å². The molecule has 0 bridgehead atoms. The lowest BCUT2D eigenvalue weighted by Gasteiger charge is -2.22. The van der Waals surface area contributed by atoms with Gasteiger partial charge in [-0.1, -0.05) is 46.7 Å². The summed E-state index contributed by atoms with van der Waals surface area (Å²) in [7, 11) is 1.32. The maximum atomic E-state index is 13.5. The maximum absolute atomic E-state index is 13.5. The molecule has 0 saturated carbocycles. The number of nitrogens with zero attached hydrogens (tertiary/aromatic N) is 2. The Morgan fingerprint density at radius 3 is 2.76 bits per heavy atom. The van der Waals surface area contributed by atoms with Crippen LogP contribution in [0.4, 0.5) is 0 Å².